The lowest BCUT2D eigenvalue weighted by atomic mass is 9.89. The van der Waals surface area contributed by atoms with Crippen LogP contribution in [0.2, 0.25) is 0 Å². The summed E-state index contributed by atoms with van der Waals surface area (Å²) in [6.07, 6.45) is 1.70. The lowest BCUT2D eigenvalue weighted by Crippen LogP contribution is -2.50. The maximum absolute atomic E-state index is 14.3. The number of hydrogen-bond acceptors (Lipinski definition) is 6. The highest BCUT2D eigenvalue weighted by Gasteiger charge is 2.45. The topological polar surface area (TPSA) is 108 Å². The maximum Gasteiger partial charge on any atom is 0.416 e. The number of nitrogens with one attached hydrogen (secondary N) is 2. The fourth-order valence-corrected chi connectivity index (χ4v) is 7.42. The second kappa shape index (κ2) is 15.8. The first-order valence-corrected chi connectivity index (χ1v) is 18.1. The summed E-state index contributed by atoms with van der Waals surface area (Å²) in [5.74, 6) is -2.31. The third-order valence-electron chi connectivity index (χ3n) is 10.3. The number of hydrogen-bond donors (Lipinski definition) is 3. The molecule has 0 radical (unpaired) electrons. The minimum Gasteiger partial charge on any atom is -0.445 e. The highest BCUT2D eigenvalue weighted by Crippen LogP contribution is 2.46. The minimum atomic E-state index is -4.53. The summed E-state index contributed by atoms with van der Waals surface area (Å²) in [6, 6.07) is 10.1. The van der Waals surface area contributed by atoms with Crippen molar-refractivity contribution in [2.75, 3.05) is 13.1 Å². The van der Waals surface area contributed by atoms with Gasteiger partial charge in [0.1, 0.15) is 17.9 Å². The molecule has 1 fully saturated rings. The molecule has 2 amide bonds. The SMILES string of the molecule is CCCC(CCC)N1CCc2c(C(=O)N[C@@H](Cc3cc(F)cc(F)c3)[C@@H](O)CNC3(c4cccc(C(F)(F)F)c4)CC3)cc(-c3ncco3)cc2C1=O. The van der Waals surface area contributed by atoms with E-state index in [9.17, 15) is 36.6 Å². The van der Waals surface area contributed by atoms with Gasteiger partial charge in [-0.05, 0) is 91.6 Å². The van der Waals surface area contributed by atoms with Crippen molar-refractivity contribution < 1.29 is 41.1 Å². The van der Waals surface area contributed by atoms with Crippen molar-refractivity contribution in [3.05, 3.63) is 112 Å². The van der Waals surface area contributed by atoms with E-state index in [0.717, 1.165) is 49.9 Å². The smallest absolute Gasteiger partial charge is 0.416 e. The van der Waals surface area contributed by atoms with Gasteiger partial charge in [-0.1, -0.05) is 38.8 Å². The first-order valence-electron chi connectivity index (χ1n) is 18.1. The zero-order valence-electron chi connectivity index (χ0n) is 29.6. The number of nitrogens with zero attached hydrogens (tertiary/aromatic N) is 2. The van der Waals surface area contributed by atoms with Crippen LogP contribution < -0.4 is 10.6 Å². The van der Waals surface area contributed by atoms with E-state index >= 15 is 0 Å². The Morgan fingerprint density at radius 1 is 1.04 bits per heavy atom. The minimum absolute atomic E-state index is 0.0395. The van der Waals surface area contributed by atoms with Crippen molar-refractivity contribution in [3.8, 4) is 11.5 Å². The Morgan fingerprint density at radius 3 is 2.38 bits per heavy atom. The van der Waals surface area contributed by atoms with Gasteiger partial charge in [0.2, 0.25) is 5.89 Å². The molecule has 0 bridgehead atoms. The normalized spacial score (nSPS) is 16.4. The van der Waals surface area contributed by atoms with Gasteiger partial charge in [-0.25, -0.2) is 13.8 Å². The third-order valence-corrected chi connectivity index (χ3v) is 10.3. The number of aliphatic hydroxyl groups excluding tert-OH is 1. The van der Waals surface area contributed by atoms with Gasteiger partial charge < -0.3 is 25.1 Å². The molecule has 0 spiro atoms. The van der Waals surface area contributed by atoms with Crippen LogP contribution in [-0.4, -0.2) is 58.1 Å². The van der Waals surface area contributed by atoms with Crippen LogP contribution in [0.25, 0.3) is 11.5 Å². The first kappa shape index (κ1) is 38.1. The van der Waals surface area contributed by atoms with Gasteiger partial charge in [0.15, 0.2) is 0 Å². The molecule has 0 unspecified atom stereocenters. The number of aliphatic hydroxyl groups is 1. The predicted molar refractivity (Wildman–Crippen MR) is 188 cm³/mol. The third kappa shape index (κ3) is 8.62. The second-order valence-electron chi connectivity index (χ2n) is 14.0. The number of fused-ring (bicyclic) bond motifs is 1. The Balaban J connectivity index is 1.30. The molecule has 2 atom stereocenters. The standard InChI is InChI=1S/C40H43F5N4O4/c1-3-6-30(7-4-2)49-14-10-31-32(19-25(20-33(31)38(49)52)37-46-13-15-53-37)36(51)48-34(18-24-16-28(41)22-29(42)17-24)35(50)23-47-39(11-12-39)26-8-5-9-27(21-26)40(43,44)45/h5,8-9,13,15-17,19-22,30,34-35,47,50H,3-4,6-7,10-12,14,18,23H2,1-2H3,(H,48,51)/t34-,35-/m0/s1. The number of alkyl halides is 3. The molecule has 3 N–H and O–H groups in total. The van der Waals surface area contributed by atoms with Gasteiger partial charge in [0, 0.05) is 47.4 Å². The van der Waals surface area contributed by atoms with Crippen molar-refractivity contribution in [1.82, 2.24) is 20.5 Å². The van der Waals surface area contributed by atoms with E-state index in [1.165, 1.54) is 18.5 Å². The molecule has 2 heterocycles. The van der Waals surface area contributed by atoms with Crippen LogP contribution in [0.3, 0.4) is 0 Å². The summed E-state index contributed by atoms with van der Waals surface area (Å²) in [7, 11) is 0. The van der Waals surface area contributed by atoms with E-state index in [4.69, 9.17) is 4.42 Å². The number of oxazole rings is 1. The zero-order chi connectivity index (χ0) is 37.9. The largest absolute Gasteiger partial charge is 0.445 e. The molecule has 1 saturated carbocycles. The van der Waals surface area contributed by atoms with Crippen molar-refractivity contribution in [3.63, 3.8) is 0 Å². The second-order valence-corrected chi connectivity index (χ2v) is 14.0. The Kier molecular flexibility index (Phi) is 11.3. The van der Waals surface area contributed by atoms with Gasteiger partial charge in [-0.2, -0.15) is 13.2 Å². The number of carbonyl (C=O) groups excluding carboxylic acids is 2. The number of rotatable bonds is 15. The quantitative estimate of drug-likeness (QED) is 0.109. The molecule has 282 valence electrons. The summed E-state index contributed by atoms with van der Waals surface area (Å²) >= 11 is 0. The van der Waals surface area contributed by atoms with E-state index in [2.05, 4.69) is 29.5 Å². The first-order chi connectivity index (χ1) is 25.3. The average molecular weight is 739 g/mol. The van der Waals surface area contributed by atoms with Gasteiger partial charge in [0.05, 0.1) is 23.9 Å². The molecular weight excluding hydrogens is 695 g/mol. The summed E-state index contributed by atoms with van der Waals surface area (Å²) in [5.41, 5.74) is 0.429. The van der Waals surface area contributed by atoms with E-state index in [-0.39, 0.29) is 41.9 Å². The fourth-order valence-electron chi connectivity index (χ4n) is 7.42. The van der Waals surface area contributed by atoms with Crippen LogP contribution in [0.4, 0.5) is 22.0 Å². The number of aromatic nitrogens is 1. The Labute approximate surface area is 304 Å². The van der Waals surface area contributed by atoms with Crippen LogP contribution in [0.15, 0.2) is 71.5 Å². The number of amides is 2. The van der Waals surface area contributed by atoms with Gasteiger partial charge in [0.25, 0.3) is 11.8 Å². The van der Waals surface area contributed by atoms with Crippen LogP contribution in [0, 0.1) is 11.6 Å². The molecule has 3 aromatic carbocycles. The predicted octanol–water partition coefficient (Wildman–Crippen LogP) is 7.59. The number of carbonyl (C=O) groups is 2. The highest BCUT2D eigenvalue weighted by molar-refractivity contribution is 6.04. The van der Waals surface area contributed by atoms with E-state index in [1.54, 1.807) is 18.2 Å². The summed E-state index contributed by atoms with van der Waals surface area (Å²) in [6.45, 7) is 4.40. The Hall–Kier alpha value is -4.62. The lowest BCUT2D eigenvalue weighted by Gasteiger charge is -2.36. The Morgan fingerprint density at radius 2 is 1.75 bits per heavy atom. The molecule has 0 saturated heterocycles. The van der Waals surface area contributed by atoms with Crippen molar-refractivity contribution in [1.29, 1.82) is 0 Å². The molecule has 13 heteroatoms. The zero-order valence-corrected chi connectivity index (χ0v) is 29.6. The van der Waals surface area contributed by atoms with Crippen LogP contribution in [0.5, 0.6) is 0 Å². The molecule has 4 aromatic rings. The van der Waals surface area contributed by atoms with Crippen molar-refractivity contribution in [2.24, 2.45) is 0 Å². The molecule has 1 aliphatic heterocycles. The van der Waals surface area contributed by atoms with Crippen molar-refractivity contribution >= 4 is 11.8 Å². The fraction of sp³-hybridized carbons (Fsp3) is 0.425. The lowest BCUT2D eigenvalue weighted by molar-refractivity contribution is -0.137. The summed E-state index contributed by atoms with van der Waals surface area (Å²) in [5, 5.41) is 17.6. The van der Waals surface area contributed by atoms with E-state index in [1.807, 2.05) is 4.90 Å². The summed E-state index contributed by atoms with van der Waals surface area (Å²) in [4.78, 5) is 34.5. The molecule has 8 nitrogen and oxygen atoms in total. The van der Waals surface area contributed by atoms with Crippen LogP contribution in [-0.2, 0) is 24.6 Å². The molecule has 2 aliphatic rings. The highest BCUT2D eigenvalue weighted by atomic mass is 19.4. The number of halogens is 5. The van der Waals surface area contributed by atoms with Gasteiger partial charge in [-0.15, -0.1) is 0 Å². The van der Waals surface area contributed by atoms with Crippen LogP contribution >= 0.6 is 0 Å². The summed E-state index contributed by atoms with van der Waals surface area (Å²) < 4.78 is 74.6. The van der Waals surface area contributed by atoms with Crippen molar-refractivity contribution in [2.45, 2.75) is 95.1 Å². The number of benzene rings is 3. The van der Waals surface area contributed by atoms with E-state index in [0.29, 0.717) is 54.1 Å². The average Bonchev–Trinajstić information content (AvgIpc) is 3.71. The molecule has 6 rings (SSSR count). The van der Waals surface area contributed by atoms with Gasteiger partial charge >= 0.3 is 6.18 Å². The van der Waals surface area contributed by atoms with E-state index < -0.39 is 47.0 Å². The van der Waals surface area contributed by atoms with Gasteiger partial charge in [-0.3, -0.25) is 9.59 Å². The monoisotopic (exact) mass is 738 g/mol. The maximum atomic E-state index is 14.3. The molecular formula is C40H43F5N4O4. The molecule has 1 aliphatic carbocycles. The molecule has 1 aromatic heterocycles. The van der Waals surface area contributed by atoms with Crippen LogP contribution in [0.1, 0.15) is 95.3 Å². The Bertz CT molecular complexity index is 1900. The molecule has 53 heavy (non-hydrogen) atoms.